The molecule has 0 saturated heterocycles. The summed E-state index contributed by atoms with van der Waals surface area (Å²) in [5, 5.41) is 8.06. The van der Waals surface area contributed by atoms with Crippen LogP contribution in [-0.2, 0) is 4.79 Å². The van der Waals surface area contributed by atoms with Gasteiger partial charge < -0.3 is 10.6 Å². The largest absolute Gasteiger partial charge is 0.338 e. The third-order valence-corrected chi connectivity index (χ3v) is 3.13. The van der Waals surface area contributed by atoms with Crippen LogP contribution in [0.4, 0.5) is 4.79 Å². The topological polar surface area (TPSA) is 70.2 Å². The summed E-state index contributed by atoms with van der Waals surface area (Å²) in [5.74, 6) is 0.189. The van der Waals surface area contributed by atoms with Gasteiger partial charge in [0, 0.05) is 12.6 Å². The lowest BCUT2D eigenvalue weighted by molar-refractivity contribution is -0.119. The number of imide groups is 1. The second-order valence-electron chi connectivity index (χ2n) is 5.50. The Kier molecular flexibility index (Phi) is 7.46. The van der Waals surface area contributed by atoms with Crippen LogP contribution in [0.1, 0.15) is 38.8 Å². The Morgan fingerprint density at radius 3 is 2.38 bits per heavy atom. The predicted molar refractivity (Wildman–Crippen MR) is 83.9 cm³/mol. The van der Waals surface area contributed by atoms with E-state index >= 15 is 0 Å². The minimum atomic E-state index is -0.435. The fourth-order valence-corrected chi connectivity index (χ4v) is 1.79. The van der Waals surface area contributed by atoms with Crippen LogP contribution in [0.15, 0.2) is 30.3 Å². The van der Waals surface area contributed by atoms with Crippen LogP contribution in [0.2, 0.25) is 0 Å². The quantitative estimate of drug-likeness (QED) is 0.721. The van der Waals surface area contributed by atoms with Gasteiger partial charge in [0.2, 0.25) is 5.91 Å². The first-order valence-corrected chi connectivity index (χ1v) is 7.35. The maximum Gasteiger partial charge on any atom is 0.321 e. The summed E-state index contributed by atoms with van der Waals surface area (Å²) >= 11 is 0. The second-order valence-corrected chi connectivity index (χ2v) is 5.50. The Balaban J connectivity index is 2.23. The molecule has 0 aromatic heterocycles. The first kappa shape index (κ1) is 17.2. The molecule has 0 aliphatic rings. The van der Waals surface area contributed by atoms with Crippen molar-refractivity contribution in [3.63, 3.8) is 0 Å². The van der Waals surface area contributed by atoms with Crippen LogP contribution in [0, 0.1) is 5.92 Å². The third-order valence-electron chi connectivity index (χ3n) is 3.13. The van der Waals surface area contributed by atoms with Gasteiger partial charge in [-0.05, 0) is 24.8 Å². The van der Waals surface area contributed by atoms with E-state index in [2.05, 4.69) is 29.8 Å². The first-order chi connectivity index (χ1) is 9.99. The normalized spacial score (nSPS) is 12.0. The molecule has 0 unspecified atom stereocenters. The first-order valence-electron chi connectivity index (χ1n) is 7.35. The highest BCUT2D eigenvalue weighted by molar-refractivity contribution is 5.95. The number of nitrogens with one attached hydrogen (secondary N) is 3. The van der Waals surface area contributed by atoms with E-state index in [1.54, 1.807) is 0 Å². The summed E-state index contributed by atoms with van der Waals surface area (Å²) in [7, 11) is 0. The fourth-order valence-electron chi connectivity index (χ4n) is 1.79. The van der Waals surface area contributed by atoms with Gasteiger partial charge in [0.1, 0.15) is 0 Å². The van der Waals surface area contributed by atoms with Gasteiger partial charge in [-0.15, -0.1) is 0 Å². The molecule has 5 nitrogen and oxygen atoms in total. The molecule has 0 spiro atoms. The van der Waals surface area contributed by atoms with Crippen LogP contribution >= 0.6 is 0 Å². The maximum absolute atomic E-state index is 11.7. The molecule has 0 saturated carbocycles. The number of amides is 3. The van der Waals surface area contributed by atoms with Crippen molar-refractivity contribution in [2.75, 3.05) is 13.1 Å². The van der Waals surface area contributed by atoms with E-state index in [4.69, 9.17) is 0 Å². The van der Waals surface area contributed by atoms with Gasteiger partial charge in [-0.3, -0.25) is 10.1 Å². The van der Waals surface area contributed by atoms with Crippen LogP contribution in [0.5, 0.6) is 0 Å². The van der Waals surface area contributed by atoms with Crippen molar-refractivity contribution >= 4 is 11.9 Å². The molecule has 1 atom stereocenters. The Morgan fingerprint density at radius 1 is 1.10 bits per heavy atom. The monoisotopic (exact) mass is 291 g/mol. The Bertz CT molecular complexity index is 446. The fraction of sp³-hybridized carbons (Fsp3) is 0.500. The maximum atomic E-state index is 11.7. The summed E-state index contributed by atoms with van der Waals surface area (Å²) in [6.45, 7) is 6.82. The molecule has 0 heterocycles. The molecule has 1 aromatic carbocycles. The molecule has 3 amide bonds. The van der Waals surface area contributed by atoms with Crippen LogP contribution in [-0.4, -0.2) is 25.0 Å². The zero-order valence-electron chi connectivity index (χ0n) is 13.0. The van der Waals surface area contributed by atoms with E-state index in [0.717, 1.165) is 12.0 Å². The lowest BCUT2D eigenvalue weighted by Crippen LogP contribution is -2.44. The molecule has 1 aromatic rings. The molecule has 0 radical (unpaired) electrons. The number of hydrogen-bond donors (Lipinski definition) is 3. The number of benzene rings is 1. The molecule has 1 rings (SSSR count). The highest BCUT2D eigenvalue weighted by Gasteiger charge is 2.10. The van der Waals surface area contributed by atoms with Gasteiger partial charge in [-0.2, -0.15) is 0 Å². The standard InChI is InChI=1S/C16H25N3O2/c1-12(2)9-10-17-16(21)19-15(20)11-18-13(3)14-7-5-4-6-8-14/h4-8,12-13,18H,9-11H2,1-3H3,(H2,17,19,20,21)/t13-/m1/s1. The summed E-state index contributed by atoms with van der Waals surface area (Å²) in [6, 6.07) is 9.47. The molecule has 0 bridgehead atoms. The third kappa shape index (κ3) is 7.46. The molecule has 0 aliphatic heterocycles. The van der Waals surface area contributed by atoms with Crippen molar-refractivity contribution in [3.8, 4) is 0 Å². The molecule has 116 valence electrons. The molecule has 5 heteroatoms. The van der Waals surface area contributed by atoms with E-state index in [1.165, 1.54) is 0 Å². The Labute approximate surface area is 126 Å². The minimum absolute atomic E-state index is 0.0564. The number of carbonyl (C=O) groups excluding carboxylic acids is 2. The number of rotatable bonds is 7. The smallest absolute Gasteiger partial charge is 0.321 e. The molecule has 0 aliphatic carbocycles. The van der Waals surface area contributed by atoms with Crippen molar-refractivity contribution in [3.05, 3.63) is 35.9 Å². The van der Waals surface area contributed by atoms with E-state index in [1.807, 2.05) is 37.3 Å². The predicted octanol–water partition coefficient (Wildman–Crippen LogP) is 2.21. The van der Waals surface area contributed by atoms with Gasteiger partial charge in [-0.25, -0.2) is 4.79 Å². The van der Waals surface area contributed by atoms with Crippen molar-refractivity contribution < 1.29 is 9.59 Å². The van der Waals surface area contributed by atoms with Crippen molar-refractivity contribution in [1.29, 1.82) is 0 Å². The molecule has 21 heavy (non-hydrogen) atoms. The number of urea groups is 1. The second kappa shape index (κ2) is 9.13. The van der Waals surface area contributed by atoms with Crippen LogP contribution < -0.4 is 16.0 Å². The lowest BCUT2D eigenvalue weighted by atomic mass is 10.1. The van der Waals surface area contributed by atoms with E-state index < -0.39 is 6.03 Å². The van der Waals surface area contributed by atoms with E-state index in [9.17, 15) is 9.59 Å². The average Bonchev–Trinajstić information content (AvgIpc) is 2.45. The van der Waals surface area contributed by atoms with Crippen molar-refractivity contribution in [1.82, 2.24) is 16.0 Å². The molecule has 3 N–H and O–H groups in total. The average molecular weight is 291 g/mol. The Hall–Kier alpha value is -1.88. The number of hydrogen-bond acceptors (Lipinski definition) is 3. The highest BCUT2D eigenvalue weighted by Crippen LogP contribution is 2.10. The van der Waals surface area contributed by atoms with E-state index in [0.29, 0.717) is 12.5 Å². The summed E-state index contributed by atoms with van der Waals surface area (Å²) in [5.41, 5.74) is 1.10. The zero-order chi connectivity index (χ0) is 15.7. The zero-order valence-corrected chi connectivity index (χ0v) is 13.0. The van der Waals surface area contributed by atoms with Gasteiger partial charge in [0.25, 0.3) is 0 Å². The van der Waals surface area contributed by atoms with Gasteiger partial charge in [-0.1, -0.05) is 44.2 Å². The molecular weight excluding hydrogens is 266 g/mol. The SMILES string of the molecule is CC(C)CCNC(=O)NC(=O)CN[C@H](C)c1ccccc1. The summed E-state index contributed by atoms with van der Waals surface area (Å²) in [6.07, 6.45) is 0.894. The molecular formula is C16H25N3O2. The summed E-state index contributed by atoms with van der Waals surface area (Å²) in [4.78, 5) is 23.1. The minimum Gasteiger partial charge on any atom is -0.338 e. The lowest BCUT2D eigenvalue weighted by Gasteiger charge is -2.14. The van der Waals surface area contributed by atoms with Gasteiger partial charge >= 0.3 is 6.03 Å². The highest BCUT2D eigenvalue weighted by atomic mass is 16.2. The van der Waals surface area contributed by atoms with Gasteiger partial charge in [0.15, 0.2) is 0 Å². The van der Waals surface area contributed by atoms with Crippen molar-refractivity contribution in [2.45, 2.75) is 33.2 Å². The van der Waals surface area contributed by atoms with Gasteiger partial charge in [0.05, 0.1) is 6.54 Å². The van der Waals surface area contributed by atoms with Crippen molar-refractivity contribution in [2.24, 2.45) is 5.92 Å². The molecule has 0 fully saturated rings. The van der Waals surface area contributed by atoms with Crippen LogP contribution in [0.25, 0.3) is 0 Å². The van der Waals surface area contributed by atoms with Crippen LogP contribution in [0.3, 0.4) is 0 Å². The number of carbonyl (C=O) groups is 2. The van der Waals surface area contributed by atoms with E-state index in [-0.39, 0.29) is 18.5 Å². The Morgan fingerprint density at radius 2 is 1.76 bits per heavy atom. The summed E-state index contributed by atoms with van der Waals surface area (Å²) < 4.78 is 0.